The minimum Gasteiger partial charge on any atom is -0.476 e. The number of rotatable bonds is 3. The quantitative estimate of drug-likeness (QED) is 0.738. The first kappa shape index (κ1) is 15.9. The Morgan fingerprint density at radius 3 is 2.62 bits per heavy atom. The van der Waals surface area contributed by atoms with Crippen LogP contribution in [0, 0.1) is 6.92 Å². The molecule has 0 radical (unpaired) electrons. The summed E-state index contributed by atoms with van der Waals surface area (Å²) in [5, 5.41) is 14.8. The highest BCUT2D eigenvalue weighted by Gasteiger charge is 2.35. The van der Waals surface area contributed by atoms with Crippen molar-refractivity contribution in [3.05, 3.63) is 11.4 Å². The Morgan fingerprint density at radius 2 is 2.00 bits per heavy atom. The summed E-state index contributed by atoms with van der Waals surface area (Å²) >= 11 is 0. The minimum absolute atomic E-state index is 0.0330. The van der Waals surface area contributed by atoms with E-state index in [1.165, 1.54) is 6.92 Å². The van der Waals surface area contributed by atoms with Crippen molar-refractivity contribution in [3.63, 3.8) is 0 Å². The maximum Gasteiger partial charge on any atom is 0.357 e. The molecule has 0 atom stereocenters. The smallest absolute Gasteiger partial charge is 0.357 e. The van der Waals surface area contributed by atoms with Gasteiger partial charge in [0.05, 0.1) is 17.2 Å². The number of nitrogens with zero attached hydrogens (tertiary/aromatic N) is 2. The zero-order valence-electron chi connectivity index (χ0n) is 11.2. The van der Waals surface area contributed by atoms with E-state index in [9.17, 15) is 21.6 Å². The number of aromatic carboxylic acids is 1. The Labute approximate surface area is 121 Å². The van der Waals surface area contributed by atoms with E-state index in [4.69, 9.17) is 5.11 Å². The lowest BCUT2D eigenvalue weighted by Gasteiger charge is -2.19. The third-order valence-corrected chi connectivity index (χ3v) is 6.98. The van der Waals surface area contributed by atoms with Gasteiger partial charge in [-0.25, -0.2) is 21.6 Å². The van der Waals surface area contributed by atoms with Gasteiger partial charge in [-0.3, -0.25) is 5.10 Å². The second-order valence-electron chi connectivity index (χ2n) is 4.74. The number of carboxylic acids is 1. The first-order chi connectivity index (χ1) is 9.65. The number of carboxylic acid groups (broad SMARTS) is 1. The molecule has 0 aromatic carbocycles. The van der Waals surface area contributed by atoms with Crippen molar-refractivity contribution in [1.82, 2.24) is 14.5 Å². The molecule has 0 amide bonds. The van der Waals surface area contributed by atoms with Crippen LogP contribution in [0.4, 0.5) is 0 Å². The highest BCUT2D eigenvalue weighted by atomic mass is 32.2. The van der Waals surface area contributed by atoms with Gasteiger partial charge < -0.3 is 5.11 Å². The van der Waals surface area contributed by atoms with Crippen LogP contribution < -0.4 is 0 Å². The van der Waals surface area contributed by atoms with Crippen molar-refractivity contribution in [2.45, 2.75) is 18.2 Å². The molecule has 118 valence electrons. The topological polar surface area (TPSA) is 138 Å². The number of aromatic nitrogens is 2. The van der Waals surface area contributed by atoms with Gasteiger partial charge in [-0.2, -0.15) is 9.40 Å². The molecule has 11 heteroatoms. The molecule has 1 aliphatic heterocycles. The monoisotopic (exact) mass is 337 g/mol. The van der Waals surface area contributed by atoms with Gasteiger partial charge in [0.25, 0.3) is 0 Å². The summed E-state index contributed by atoms with van der Waals surface area (Å²) in [6.07, 6.45) is 0.181. The molecule has 0 spiro atoms. The molecule has 0 saturated carbocycles. The Balaban J connectivity index is 2.43. The third-order valence-electron chi connectivity index (χ3n) is 3.21. The molecular formula is C10H15N3O6S2. The van der Waals surface area contributed by atoms with Gasteiger partial charge in [0.15, 0.2) is 15.5 Å². The first-order valence-corrected chi connectivity index (χ1v) is 9.40. The molecule has 2 N–H and O–H groups in total. The zero-order valence-corrected chi connectivity index (χ0v) is 12.9. The van der Waals surface area contributed by atoms with Crippen molar-refractivity contribution >= 4 is 25.8 Å². The van der Waals surface area contributed by atoms with E-state index in [0.29, 0.717) is 0 Å². The largest absolute Gasteiger partial charge is 0.476 e. The molecule has 0 bridgehead atoms. The van der Waals surface area contributed by atoms with Crippen LogP contribution in [0.5, 0.6) is 0 Å². The summed E-state index contributed by atoms with van der Waals surface area (Å²) in [6, 6.07) is 0. The number of aromatic amines is 1. The second-order valence-corrected chi connectivity index (χ2v) is 8.92. The Hall–Kier alpha value is -1.46. The Kier molecular flexibility index (Phi) is 4.08. The molecule has 2 heterocycles. The van der Waals surface area contributed by atoms with Crippen molar-refractivity contribution in [2.75, 3.05) is 24.6 Å². The third kappa shape index (κ3) is 3.09. The summed E-state index contributed by atoms with van der Waals surface area (Å²) in [7, 11) is -7.37. The number of nitrogens with one attached hydrogen (secondary N) is 1. The van der Waals surface area contributed by atoms with Crippen LogP contribution in [0.15, 0.2) is 4.90 Å². The summed E-state index contributed by atoms with van der Waals surface area (Å²) in [4.78, 5) is 10.7. The lowest BCUT2D eigenvalue weighted by Crippen LogP contribution is -2.34. The van der Waals surface area contributed by atoms with E-state index in [1.807, 2.05) is 0 Å². The van der Waals surface area contributed by atoms with Gasteiger partial charge in [-0.15, -0.1) is 0 Å². The fraction of sp³-hybridized carbons (Fsp3) is 0.600. The van der Waals surface area contributed by atoms with Crippen LogP contribution in [0.3, 0.4) is 0 Å². The fourth-order valence-electron chi connectivity index (χ4n) is 2.16. The van der Waals surface area contributed by atoms with Crippen molar-refractivity contribution < 1.29 is 26.7 Å². The number of hydrogen-bond donors (Lipinski definition) is 2. The molecule has 0 unspecified atom stereocenters. The van der Waals surface area contributed by atoms with E-state index < -0.39 is 36.4 Å². The molecule has 2 rings (SSSR count). The standard InChI is InChI=1S/C10H15N3O6S2/c1-7-9(8(10(14)15)12-11-7)21(18,19)13-3-2-5-20(16,17)6-4-13/h2-6H2,1H3,(H,11,12)(H,14,15). The number of sulfonamides is 1. The molecule has 1 aromatic rings. The molecule has 1 aliphatic rings. The molecule has 9 nitrogen and oxygen atoms in total. The molecule has 1 fully saturated rings. The molecule has 0 aliphatic carbocycles. The predicted octanol–water partition coefficient (Wildman–Crippen LogP) is -0.774. The van der Waals surface area contributed by atoms with Gasteiger partial charge in [0.2, 0.25) is 10.0 Å². The average Bonchev–Trinajstić information content (AvgIpc) is 2.65. The fourth-order valence-corrected chi connectivity index (χ4v) is 5.32. The van der Waals surface area contributed by atoms with Crippen LogP contribution in [-0.4, -0.2) is 67.0 Å². The number of H-pyrrole nitrogens is 1. The van der Waals surface area contributed by atoms with E-state index in [1.54, 1.807) is 0 Å². The number of carbonyl (C=O) groups is 1. The number of sulfone groups is 1. The first-order valence-electron chi connectivity index (χ1n) is 6.14. The van der Waals surface area contributed by atoms with Crippen molar-refractivity contribution in [2.24, 2.45) is 0 Å². The Morgan fingerprint density at radius 1 is 1.33 bits per heavy atom. The van der Waals surface area contributed by atoms with E-state index in [2.05, 4.69) is 10.2 Å². The molecular weight excluding hydrogens is 322 g/mol. The lowest BCUT2D eigenvalue weighted by molar-refractivity contribution is 0.0686. The van der Waals surface area contributed by atoms with Crippen LogP contribution in [0.1, 0.15) is 22.6 Å². The maximum atomic E-state index is 12.6. The van der Waals surface area contributed by atoms with Gasteiger partial charge >= 0.3 is 5.97 Å². The van der Waals surface area contributed by atoms with Crippen LogP contribution in [0.2, 0.25) is 0 Å². The highest BCUT2D eigenvalue weighted by Crippen LogP contribution is 2.23. The summed E-state index contributed by atoms with van der Waals surface area (Å²) in [6.45, 7) is 1.25. The number of aryl methyl sites for hydroxylation is 1. The molecule has 1 aromatic heterocycles. The van der Waals surface area contributed by atoms with Gasteiger partial charge in [0, 0.05) is 13.1 Å². The minimum atomic E-state index is -4.10. The predicted molar refractivity (Wildman–Crippen MR) is 72.3 cm³/mol. The van der Waals surface area contributed by atoms with Crippen molar-refractivity contribution in [1.29, 1.82) is 0 Å². The summed E-state index contributed by atoms with van der Waals surface area (Å²) < 4.78 is 49.2. The van der Waals surface area contributed by atoms with Gasteiger partial charge in [0.1, 0.15) is 4.90 Å². The SMILES string of the molecule is Cc1[nH]nc(C(=O)O)c1S(=O)(=O)N1CCCS(=O)(=O)CC1. The van der Waals surface area contributed by atoms with Crippen LogP contribution >= 0.6 is 0 Å². The Bertz CT molecular complexity index is 765. The normalized spacial score (nSPS) is 20.0. The van der Waals surface area contributed by atoms with Crippen LogP contribution in [0.25, 0.3) is 0 Å². The molecule has 1 saturated heterocycles. The maximum absolute atomic E-state index is 12.6. The van der Waals surface area contributed by atoms with Crippen LogP contribution in [-0.2, 0) is 19.9 Å². The van der Waals surface area contributed by atoms with Crippen molar-refractivity contribution in [3.8, 4) is 0 Å². The van der Waals surface area contributed by atoms with Gasteiger partial charge in [-0.05, 0) is 13.3 Å². The van der Waals surface area contributed by atoms with Gasteiger partial charge in [-0.1, -0.05) is 0 Å². The highest BCUT2D eigenvalue weighted by molar-refractivity contribution is 7.91. The zero-order chi connectivity index (χ0) is 15.8. The number of hydrogen-bond acceptors (Lipinski definition) is 6. The second kappa shape index (κ2) is 5.39. The van der Waals surface area contributed by atoms with E-state index in [0.717, 1.165) is 4.31 Å². The summed E-state index contributed by atoms with van der Waals surface area (Å²) in [5.41, 5.74) is -0.473. The molecule has 21 heavy (non-hydrogen) atoms. The average molecular weight is 337 g/mol. The van der Waals surface area contributed by atoms with E-state index >= 15 is 0 Å². The van der Waals surface area contributed by atoms with E-state index in [-0.39, 0.29) is 36.7 Å². The summed E-state index contributed by atoms with van der Waals surface area (Å²) in [5.74, 6) is -1.80. The lowest BCUT2D eigenvalue weighted by atomic mass is 10.4.